The molecule has 1 aromatic carbocycles. The lowest BCUT2D eigenvalue weighted by atomic mass is 9.82. The summed E-state index contributed by atoms with van der Waals surface area (Å²) in [4.78, 5) is 49.9. The number of hydrogen-bond donors (Lipinski definition) is 3. The number of aromatic nitrogens is 2. The van der Waals surface area contributed by atoms with E-state index in [9.17, 15) is 14.4 Å². The molecule has 3 aromatic rings. The molecule has 196 valence electrons. The maximum absolute atomic E-state index is 13.2. The maximum atomic E-state index is 13.2. The van der Waals surface area contributed by atoms with Crippen molar-refractivity contribution in [3.63, 3.8) is 0 Å². The number of fused-ring (bicyclic) bond motifs is 2. The second-order valence-corrected chi connectivity index (χ2v) is 11.2. The summed E-state index contributed by atoms with van der Waals surface area (Å²) in [7, 11) is 2.05. The number of likely N-dealkylation sites (N-methyl/N-ethyl adjacent to an activating group) is 1. The Labute approximate surface area is 223 Å². The van der Waals surface area contributed by atoms with Gasteiger partial charge < -0.3 is 25.3 Å². The monoisotopic (exact) mass is 543 g/mol. The Morgan fingerprint density at radius 2 is 2.00 bits per heavy atom. The highest BCUT2D eigenvalue weighted by Gasteiger charge is 2.37. The van der Waals surface area contributed by atoms with Crippen LogP contribution in [0.2, 0.25) is 5.02 Å². The molecule has 1 aliphatic carbocycles. The fourth-order valence-electron chi connectivity index (χ4n) is 5.10. The SMILES string of the molecule is CCOC(=O)[C@@H]1CC[C@H](NC(=O)c2cc3cc(Cl)ccc3[nH]2)[C@H](NC(=O)c2nc3c(s2)CN(C)CC3)C1. The number of halogens is 1. The van der Waals surface area contributed by atoms with Crippen LogP contribution in [0.3, 0.4) is 0 Å². The summed E-state index contributed by atoms with van der Waals surface area (Å²) in [6.45, 7) is 3.77. The third-order valence-corrected chi connectivity index (χ3v) is 8.36. The third kappa shape index (κ3) is 5.66. The minimum absolute atomic E-state index is 0.272. The first-order chi connectivity index (χ1) is 17.8. The molecule has 0 radical (unpaired) electrons. The van der Waals surface area contributed by atoms with Crippen molar-refractivity contribution in [1.29, 1.82) is 0 Å². The number of aromatic amines is 1. The highest BCUT2D eigenvalue weighted by Crippen LogP contribution is 2.29. The summed E-state index contributed by atoms with van der Waals surface area (Å²) in [5.74, 6) is -1.17. The molecule has 0 spiro atoms. The van der Waals surface area contributed by atoms with E-state index in [1.807, 2.05) is 6.07 Å². The molecule has 3 atom stereocenters. The van der Waals surface area contributed by atoms with Crippen molar-refractivity contribution in [2.24, 2.45) is 5.92 Å². The number of thiazole rings is 1. The van der Waals surface area contributed by atoms with Gasteiger partial charge in [0.1, 0.15) is 5.69 Å². The smallest absolute Gasteiger partial charge is 0.308 e. The highest BCUT2D eigenvalue weighted by atomic mass is 35.5. The molecule has 2 aromatic heterocycles. The molecular weight excluding hydrogens is 514 g/mol. The molecule has 0 saturated heterocycles. The standard InChI is InChI=1S/C26H30ClN5O4S/c1-3-36-26(35)14-4-6-18(29-23(33)21-12-15-10-16(27)5-7-17(15)28-21)20(11-14)30-24(34)25-31-19-8-9-32(2)13-22(19)37-25/h5,7,10,12,14,18,20,28H,3-4,6,8-9,11,13H2,1-2H3,(H,29,33)(H,30,34)/t14-,18+,20-/m1/s1. The van der Waals surface area contributed by atoms with E-state index >= 15 is 0 Å². The van der Waals surface area contributed by atoms with Crippen molar-refractivity contribution in [2.75, 3.05) is 20.2 Å². The van der Waals surface area contributed by atoms with Crippen LogP contribution in [0.25, 0.3) is 10.9 Å². The number of hydrogen-bond acceptors (Lipinski definition) is 7. The molecule has 5 rings (SSSR count). The minimum atomic E-state index is -0.443. The molecule has 0 unspecified atom stereocenters. The predicted molar refractivity (Wildman–Crippen MR) is 142 cm³/mol. The van der Waals surface area contributed by atoms with Crippen molar-refractivity contribution in [1.82, 2.24) is 25.5 Å². The summed E-state index contributed by atoms with van der Waals surface area (Å²) in [5.41, 5.74) is 2.19. The molecule has 1 aliphatic heterocycles. The lowest BCUT2D eigenvalue weighted by Crippen LogP contribution is -2.55. The Morgan fingerprint density at radius 1 is 1.19 bits per heavy atom. The molecule has 2 amide bonds. The first-order valence-corrected chi connectivity index (χ1v) is 13.7. The predicted octanol–water partition coefficient (Wildman–Crippen LogP) is 3.53. The van der Waals surface area contributed by atoms with Crippen molar-refractivity contribution in [2.45, 2.75) is 51.2 Å². The molecule has 9 nitrogen and oxygen atoms in total. The summed E-state index contributed by atoms with van der Waals surface area (Å²) in [5, 5.41) is 7.98. The zero-order chi connectivity index (χ0) is 26.1. The van der Waals surface area contributed by atoms with Crippen molar-refractivity contribution < 1.29 is 19.1 Å². The Bertz CT molecular complexity index is 1340. The second kappa shape index (κ2) is 10.8. The topological polar surface area (TPSA) is 116 Å². The molecule has 3 N–H and O–H groups in total. The van der Waals surface area contributed by atoms with Crippen LogP contribution in [0.4, 0.5) is 0 Å². The lowest BCUT2D eigenvalue weighted by molar-refractivity contribution is -0.149. The van der Waals surface area contributed by atoms with Gasteiger partial charge in [0.05, 0.1) is 24.3 Å². The molecule has 37 heavy (non-hydrogen) atoms. The molecular formula is C26H30ClN5O4S. The first-order valence-electron chi connectivity index (χ1n) is 12.5. The lowest BCUT2D eigenvalue weighted by Gasteiger charge is -2.35. The van der Waals surface area contributed by atoms with Crippen molar-refractivity contribution >= 4 is 51.6 Å². The number of carbonyl (C=O) groups is 3. The highest BCUT2D eigenvalue weighted by molar-refractivity contribution is 7.13. The Morgan fingerprint density at radius 3 is 2.81 bits per heavy atom. The molecule has 1 fully saturated rings. The summed E-state index contributed by atoms with van der Waals surface area (Å²) < 4.78 is 5.24. The van der Waals surface area contributed by atoms with Gasteiger partial charge in [-0.15, -0.1) is 11.3 Å². The van der Waals surface area contributed by atoms with Crippen molar-refractivity contribution in [3.8, 4) is 0 Å². The summed E-state index contributed by atoms with van der Waals surface area (Å²) in [6.07, 6.45) is 2.30. The molecule has 2 aliphatic rings. The number of nitrogens with zero attached hydrogens (tertiary/aromatic N) is 2. The summed E-state index contributed by atoms with van der Waals surface area (Å²) >= 11 is 7.49. The van der Waals surface area contributed by atoms with E-state index in [1.165, 1.54) is 11.3 Å². The van der Waals surface area contributed by atoms with Gasteiger partial charge in [-0.2, -0.15) is 0 Å². The van der Waals surface area contributed by atoms with Crippen LogP contribution in [-0.2, 0) is 22.5 Å². The number of H-pyrrole nitrogens is 1. The van der Waals surface area contributed by atoms with Crippen LogP contribution in [0.1, 0.15) is 57.0 Å². The van der Waals surface area contributed by atoms with Crippen LogP contribution < -0.4 is 10.6 Å². The quantitative estimate of drug-likeness (QED) is 0.410. The van der Waals surface area contributed by atoms with Gasteiger partial charge in [0.25, 0.3) is 11.8 Å². The van der Waals surface area contributed by atoms with Crippen LogP contribution >= 0.6 is 22.9 Å². The van der Waals surface area contributed by atoms with Gasteiger partial charge in [0.2, 0.25) is 0 Å². The van der Waals surface area contributed by atoms with Crippen LogP contribution in [0.5, 0.6) is 0 Å². The molecule has 1 saturated carbocycles. The number of rotatable bonds is 6. The van der Waals surface area contributed by atoms with Crippen LogP contribution in [-0.4, -0.2) is 64.9 Å². The van der Waals surface area contributed by atoms with Gasteiger partial charge in [-0.05, 0) is 57.5 Å². The van der Waals surface area contributed by atoms with Gasteiger partial charge in [0.15, 0.2) is 5.01 Å². The van der Waals surface area contributed by atoms with E-state index in [1.54, 1.807) is 25.1 Å². The van der Waals surface area contributed by atoms with Gasteiger partial charge in [0, 0.05) is 46.4 Å². The van der Waals surface area contributed by atoms with E-state index in [4.69, 9.17) is 16.3 Å². The van der Waals surface area contributed by atoms with Crippen molar-refractivity contribution in [3.05, 3.63) is 50.6 Å². The number of nitrogens with one attached hydrogen (secondary N) is 3. The van der Waals surface area contributed by atoms with Gasteiger partial charge in [-0.1, -0.05) is 11.6 Å². The fraction of sp³-hybridized carbons (Fsp3) is 0.462. The van der Waals surface area contributed by atoms with E-state index in [0.29, 0.717) is 41.6 Å². The average Bonchev–Trinajstić information content (AvgIpc) is 3.49. The van der Waals surface area contributed by atoms with E-state index in [0.717, 1.165) is 41.0 Å². The average molecular weight is 544 g/mol. The zero-order valence-electron chi connectivity index (χ0n) is 20.8. The normalized spacial score (nSPS) is 21.9. The number of benzene rings is 1. The zero-order valence-corrected chi connectivity index (χ0v) is 22.4. The number of esters is 1. The van der Waals surface area contributed by atoms with E-state index in [-0.39, 0.29) is 29.7 Å². The van der Waals surface area contributed by atoms with Gasteiger partial charge >= 0.3 is 5.97 Å². The van der Waals surface area contributed by atoms with Gasteiger partial charge in [-0.3, -0.25) is 14.4 Å². The Kier molecular flexibility index (Phi) is 7.50. The molecule has 11 heteroatoms. The number of carbonyl (C=O) groups excluding carboxylic acids is 3. The largest absolute Gasteiger partial charge is 0.466 e. The van der Waals surface area contributed by atoms with Crippen LogP contribution in [0.15, 0.2) is 24.3 Å². The van der Waals surface area contributed by atoms with Crippen LogP contribution in [0, 0.1) is 5.92 Å². The maximum Gasteiger partial charge on any atom is 0.308 e. The minimum Gasteiger partial charge on any atom is -0.466 e. The fourth-order valence-corrected chi connectivity index (χ4v) is 6.37. The molecule has 0 bridgehead atoms. The van der Waals surface area contributed by atoms with E-state index in [2.05, 4.69) is 32.5 Å². The summed E-state index contributed by atoms with van der Waals surface area (Å²) in [6, 6.07) is 6.35. The number of amides is 2. The number of ether oxygens (including phenoxy) is 1. The third-order valence-electron chi connectivity index (χ3n) is 7.05. The van der Waals surface area contributed by atoms with Gasteiger partial charge in [-0.25, -0.2) is 4.98 Å². The Balaban J connectivity index is 1.33. The Hall–Kier alpha value is -2.95. The molecule has 3 heterocycles. The van der Waals surface area contributed by atoms with E-state index < -0.39 is 6.04 Å². The first kappa shape index (κ1) is 25.7. The second-order valence-electron chi connectivity index (χ2n) is 9.71.